The number of hydrogen-bond acceptors (Lipinski definition) is 1. The van der Waals surface area contributed by atoms with Crippen LogP contribution in [0.4, 0.5) is 0 Å². The first-order chi connectivity index (χ1) is 8.90. The second kappa shape index (κ2) is 5.62. The van der Waals surface area contributed by atoms with E-state index in [4.69, 9.17) is 0 Å². The van der Waals surface area contributed by atoms with E-state index in [1.165, 1.54) is 41.0 Å². The SMILES string of the molecule is c1ccc(Sc2ccc(CC3CCC3)cc2)cc1. The standard InChI is InChI=1S/C17H18S/c1-2-7-16(8-3-1)18-17-11-9-15(10-12-17)13-14-5-4-6-14/h1-3,7-12,14H,4-6,13H2. The van der Waals surface area contributed by atoms with Gasteiger partial charge in [0, 0.05) is 9.79 Å². The van der Waals surface area contributed by atoms with Crippen LogP contribution in [0.3, 0.4) is 0 Å². The molecule has 1 saturated carbocycles. The molecule has 18 heavy (non-hydrogen) atoms. The van der Waals surface area contributed by atoms with Crippen LogP contribution in [0.15, 0.2) is 64.4 Å². The van der Waals surface area contributed by atoms with Crippen LogP contribution in [0.5, 0.6) is 0 Å². The maximum absolute atomic E-state index is 2.30. The van der Waals surface area contributed by atoms with Crippen LogP contribution >= 0.6 is 11.8 Å². The van der Waals surface area contributed by atoms with Gasteiger partial charge in [0.1, 0.15) is 0 Å². The summed E-state index contributed by atoms with van der Waals surface area (Å²) in [4.78, 5) is 2.64. The van der Waals surface area contributed by atoms with Gasteiger partial charge in [-0.1, -0.05) is 61.4 Å². The normalized spacial score (nSPS) is 15.3. The van der Waals surface area contributed by atoms with Gasteiger partial charge in [-0.25, -0.2) is 0 Å². The Morgan fingerprint density at radius 1 is 0.833 bits per heavy atom. The molecule has 2 aromatic rings. The summed E-state index contributed by atoms with van der Waals surface area (Å²) in [5.41, 5.74) is 1.50. The van der Waals surface area contributed by atoms with Crippen LogP contribution in [0.1, 0.15) is 24.8 Å². The number of benzene rings is 2. The van der Waals surface area contributed by atoms with Gasteiger partial charge in [0.25, 0.3) is 0 Å². The lowest BCUT2D eigenvalue weighted by Gasteiger charge is -2.25. The van der Waals surface area contributed by atoms with E-state index in [0.717, 1.165) is 5.92 Å². The fraction of sp³-hybridized carbons (Fsp3) is 0.294. The molecule has 0 amide bonds. The molecule has 0 radical (unpaired) electrons. The largest absolute Gasteiger partial charge is 0.0901 e. The first-order valence-electron chi connectivity index (χ1n) is 6.72. The molecule has 1 fully saturated rings. The zero-order chi connectivity index (χ0) is 12.2. The fourth-order valence-corrected chi connectivity index (χ4v) is 3.19. The zero-order valence-corrected chi connectivity index (χ0v) is 11.3. The summed E-state index contributed by atoms with van der Waals surface area (Å²) in [6.07, 6.45) is 5.57. The smallest absolute Gasteiger partial charge is 0.0122 e. The molecule has 1 heteroatoms. The van der Waals surface area contributed by atoms with E-state index >= 15 is 0 Å². The van der Waals surface area contributed by atoms with E-state index in [1.54, 1.807) is 0 Å². The lowest BCUT2D eigenvalue weighted by Crippen LogP contribution is -2.13. The van der Waals surface area contributed by atoms with Crippen LogP contribution in [-0.2, 0) is 6.42 Å². The molecule has 3 rings (SSSR count). The Morgan fingerprint density at radius 2 is 1.50 bits per heavy atom. The molecule has 0 aromatic heterocycles. The lowest BCUT2D eigenvalue weighted by atomic mass is 9.81. The molecule has 0 atom stereocenters. The van der Waals surface area contributed by atoms with E-state index < -0.39 is 0 Å². The van der Waals surface area contributed by atoms with Crippen molar-refractivity contribution in [3.63, 3.8) is 0 Å². The molecule has 1 aliphatic rings. The van der Waals surface area contributed by atoms with Gasteiger partial charge in [0.2, 0.25) is 0 Å². The minimum absolute atomic E-state index is 0.956. The molecule has 0 nitrogen and oxygen atoms in total. The summed E-state index contributed by atoms with van der Waals surface area (Å²) in [5, 5.41) is 0. The van der Waals surface area contributed by atoms with Gasteiger partial charge in [-0.15, -0.1) is 0 Å². The zero-order valence-electron chi connectivity index (χ0n) is 10.5. The average Bonchev–Trinajstić information content (AvgIpc) is 2.37. The van der Waals surface area contributed by atoms with Gasteiger partial charge < -0.3 is 0 Å². The monoisotopic (exact) mass is 254 g/mol. The quantitative estimate of drug-likeness (QED) is 0.724. The fourth-order valence-electron chi connectivity index (χ4n) is 2.35. The molecule has 2 aromatic carbocycles. The number of rotatable bonds is 4. The third-order valence-electron chi connectivity index (χ3n) is 3.65. The van der Waals surface area contributed by atoms with E-state index in [1.807, 2.05) is 11.8 Å². The Hall–Kier alpha value is -1.21. The maximum Gasteiger partial charge on any atom is 0.0122 e. The Bertz CT molecular complexity index is 483. The molecule has 0 bridgehead atoms. The van der Waals surface area contributed by atoms with Crippen LogP contribution in [0.25, 0.3) is 0 Å². The molecule has 0 aliphatic heterocycles. The van der Waals surface area contributed by atoms with E-state index in [9.17, 15) is 0 Å². The molecule has 0 saturated heterocycles. The first kappa shape index (κ1) is 11.9. The highest BCUT2D eigenvalue weighted by molar-refractivity contribution is 7.99. The minimum atomic E-state index is 0.956. The molecule has 0 spiro atoms. The maximum atomic E-state index is 2.30. The highest BCUT2D eigenvalue weighted by Gasteiger charge is 2.17. The van der Waals surface area contributed by atoms with Crippen molar-refractivity contribution in [2.24, 2.45) is 5.92 Å². The van der Waals surface area contributed by atoms with Gasteiger partial charge in [-0.2, -0.15) is 0 Å². The molecular weight excluding hydrogens is 236 g/mol. The second-order valence-electron chi connectivity index (χ2n) is 5.06. The summed E-state index contributed by atoms with van der Waals surface area (Å²) in [6, 6.07) is 19.7. The third kappa shape index (κ3) is 2.97. The molecular formula is C17H18S. The Kier molecular flexibility index (Phi) is 3.70. The molecule has 0 N–H and O–H groups in total. The van der Waals surface area contributed by atoms with E-state index in [2.05, 4.69) is 54.6 Å². The summed E-state index contributed by atoms with van der Waals surface area (Å²) in [7, 11) is 0. The average molecular weight is 254 g/mol. The van der Waals surface area contributed by atoms with Crippen LogP contribution in [0, 0.1) is 5.92 Å². The first-order valence-corrected chi connectivity index (χ1v) is 7.54. The predicted octanol–water partition coefficient (Wildman–Crippen LogP) is 5.18. The predicted molar refractivity (Wildman–Crippen MR) is 78.1 cm³/mol. The number of hydrogen-bond donors (Lipinski definition) is 0. The minimum Gasteiger partial charge on any atom is -0.0901 e. The highest BCUT2D eigenvalue weighted by Crippen LogP contribution is 2.31. The van der Waals surface area contributed by atoms with Crippen molar-refractivity contribution in [2.45, 2.75) is 35.5 Å². The second-order valence-corrected chi connectivity index (χ2v) is 6.21. The van der Waals surface area contributed by atoms with Gasteiger partial charge in [0.05, 0.1) is 0 Å². The van der Waals surface area contributed by atoms with Crippen LogP contribution < -0.4 is 0 Å². The van der Waals surface area contributed by atoms with Crippen molar-refractivity contribution >= 4 is 11.8 Å². The van der Waals surface area contributed by atoms with Gasteiger partial charge in [-0.3, -0.25) is 0 Å². The molecule has 92 valence electrons. The molecule has 1 aliphatic carbocycles. The summed E-state index contributed by atoms with van der Waals surface area (Å²) >= 11 is 1.83. The van der Waals surface area contributed by atoms with Crippen molar-refractivity contribution in [3.05, 3.63) is 60.2 Å². The highest BCUT2D eigenvalue weighted by atomic mass is 32.2. The Morgan fingerprint density at radius 3 is 2.11 bits per heavy atom. The summed E-state index contributed by atoms with van der Waals surface area (Å²) in [6.45, 7) is 0. The van der Waals surface area contributed by atoms with Gasteiger partial charge >= 0.3 is 0 Å². The van der Waals surface area contributed by atoms with Crippen LogP contribution in [-0.4, -0.2) is 0 Å². The van der Waals surface area contributed by atoms with Crippen molar-refractivity contribution in [1.82, 2.24) is 0 Å². The van der Waals surface area contributed by atoms with Crippen LogP contribution in [0.2, 0.25) is 0 Å². The van der Waals surface area contributed by atoms with Crippen molar-refractivity contribution in [3.8, 4) is 0 Å². The topological polar surface area (TPSA) is 0 Å². The van der Waals surface area contributed by atoms with E-state index in [0.29, 0.717) is 0 Å². The molecule has 0 heterocycles. The van der Waals surface area contributed by atoms with Crippen molar-refractivity contribution in [1.29, 1.82) is 0 Å². The Balaban J connectivity index is 1.63. The third-order valence-corrected chi connectivity index (χ3v) is 4.67. The summed E-state index contributed by atoms with van der Waals surface area (Å²) in [5.74, 6) is 0.956. The van der Waals surface area contributed by atoms with Crippen molar-refractivity contribution in [2.75, 3.05) is 0 Å². The summed E-state index contributed by atoms with van der Waals surface area (Å²) < 4.78 is 0. The Labute approximate surface area is 113 Å². The van der Waals surface area contributed by atoms with Crippen molar-refractivity contribution < 1.29 is 0 Å². The van der Waals surface area contributed by atoms with Gasteiger partial charge in [0.15, 0.2) is 0 Å². The molecule has 0 unspecified atom stereocenters. The lowest BCUT2D eigenvalue weighted by molar-refractivity contribution is 0.314. The van der Waals surface area contributed by atoms with E-state index in [-0.39, 0.29) is 0 Å². The van der Waals surface area contributed by atoms with Gasteiger partial charge in [-0.05, 0) is 42.2 Å².